The van der Waals surface area contributed by atoms with Gasteiger partial charge < -0.3 is 14.7 Å². The number of amides is 1. The van der Waals surface area contributed by atoms with Gasteiger partial charge in [0, 0.05) is 48.6 Å². The minimum Gasteiger partial charge on any atom is -0.356 e. The SMILES string of the molecule is CCc1[nH]nc(C(=O)N2CCC(c3nc(NC(C)C)ncc3-c3cc(C)no3)CC2)c1C. The Labute approximate surface area is 188 Å². The van der Waals surface area contributed by atoms with Crippen LogP contribution in [0.5, 0.6) is 0 Å². The minimum atomic E-state index is -0.00664. The van der Waals surface area contributed by atoms with Gasteiger partial charge in [-0.3, -0.25) is 9.89 Å². The van der Waals surface area contributed by atoms with Crippen molar-refractivity contribution in [1.29, 1.82) is 0 Å². The van der Waals surface area contributed by atoms with Crippen molar-refractivity contribution in [1.82, 2.24) is 30.2 Å². The lowest BCUT2D eigenvalue weighted by atomic mass is 9.90. The molecule has 32 heavy (non-hydrogen) atoms. The molecule has 1 saturated heterocycles. The van der Waals surface area contributed by atoms with Crippen molar-refractivity contribution in [2.24, 2.45) is 0 Å². The maximum atomic E-state index is 13.0. The van der Waals surface area contributed by atoms with Crippen LogP contribution < -0.4 is 5.32 Å². The molecule has 3 aromatic rings. The number of carbonyl (C=O) groups is 1. The Morgan fingerprint density at radius 2 is 2.06 bits per heavy atom. The van der Waals surface area contributed by atoms with E-state index in [0.717, 1.165) is 47.5 Å². The van der Waals surface area contributed by atoms with E-state index < -0.39 is 0 Å². The topological polar surface area (TPSA) is 113 Å². The number of nitrogens with zero attached hydrogens (tertiary/aromatic N) is 5. The van der Waals surface area contributed by atoms with E-state index in [1.165, 1.54) is 0 Å². The van der Waals surface area contributed by atoms with Crippen molar-refractivity contribution in [2.45, 2.75) is 65.8 Å². The number of likely N-dealkylation sites (tertiary alicyclic amines) is 1. The molecule has 1 amide bonds. The van der Waals surface area contributed by atoms with Crippen LogP contribution in [0.1, 0.15) is 72.7 Å². The van der Waals surface area contributed by atoms with Crippen LogP contribution in [0.4, 0.5) is 5.95 Å². The summed E-state index contributed by atoms with van der Waals surface area (Å²) >= 11 is 0. The zero-order chi connectivity index (χ0) is 22.8. The molecule has 0 aliphatic carbocycles. The van der Waals surface area contributed by atoms with Crippen molar-refractivity contribution >= 4 is 11.9 Å². The Bertz CT molecular complexity index is 1090. The molecule has 0 aromatic carbocycles. The van der Waals surface area contributed by atoms with Gasteiger partial charge in [-0.05, 0) is 47.0 Å². The van der Waals surface area contributed by atoms with Crippen molar-refractivity contribution in [3.05, 3.63) is 40.6 Å². The summed E-state index contributed by atoms with van der Waals surface area (Å²) in [6, 6.07) is 2.13. The number of aromatic amines is 1. The molecule has 0 radical (unpaired) electrons. The second-order valence-electron chi connectivity index (χ2n) is 8.72. The Morgan fingerprint density at radius 1 is 1.31 bits per heavy atom. The van der Waals surface area contributed by atoms with Crippen LogP contribution in [-0.2, 0) is 6.42 Å². The molecule has 0 atom stereocenters. The maximum Gasteiger partial charge on any atom is 0.274 e. The number of hydrogen-bond acceptors (Lipinski definition) is 7. The van der Waals surface area contributed by atoms with Crippen molar-refractivity contribution in [3.63, 3.8) is 0 Å². The predicted octanol–water partition coefficient (Wildman–Crippen LogP) is 3.87. The molecule has 0 bridgehead atoms. The summed E-state index contributed by atoms with van der Waals surface area (Å²) in [7, 11) is 0. The number of carbonyl (C=O) groups excluding carboxylic acids is 1. The molecule has 170 valence electrons. The molecular formula is C23H31N7O2. The first kappa shape index (κ1) is 22.0. The molecule has 9 nitrogen and oxygen atoms in total. The molecule has 0 unspecified atom stereocenters. The number of piperidine rings is 1. The van der Waals surface area contributed by atoms with Crippen LogP contribution in [0.3, 0.4) is 0 Å². The highest BCUT2D eigenvalue weighted by atomic mass is 16.5. The quantitative estimate of drug-likeness (QED) is 0.602. The number of aryl methyl sites for hydroxylation is 2. The van der Waals surface area contributed by atoms with Gasteiger partial charge in [-0.25, -0.2) is 9.97 Å². The molecule has 4 rings (SSSR count). The standard InChI is InChI=1S/C23H31N7O2/c1-6-18-15(5)20(28-27-18)22(31)30-9-7-16(8-10-30)21-17(19-11-14(4)29-32-19)12-24-23(26-21)25-13(2)3/h11-13,16H,6-10H2,1-5H3,(H,27,28)(H,24,25,26). The Morgan fingerprint density at radius 3 is 2.66 bits per heavy atom. The smallest absolute Gasteiger partial charge is 0.274 e. The van der Waals surface area contributed by atoms with Gasteiger partial charge >= 0.3 is 0 Å². The highest BCUT2D eigenvalue weighted by Gasteiger charge is 2.30. The van der Waals surface area contributed by atoms with Gasteiger partial charge in [0.25, 0.3) is 5.91 Å². The minimum absolute atomic E-state index is 0.00664. The molecule has 3 aromatic heterocycles. The highest BCUT2D eigenvalue weighted by Crippen LogP contribution is 2.35. The zero-order valence-electron chi connectivity index (χ0n) is 19.4. The molecular weight excluding hydrogens is 406 g/mol. The molecule has 1 aliphatic rings. The molecule has 0 spiro atoms. The summed E-state index contributed by atoms with van der Waals surface area (Å²) < 4.78 is 5.52. The summed E-state index contributed by atoms with van der Waals surface area (Å²) in [6.45, 7) is 11.3. The van der Waals surface area contributed by atoms with E-state index in [9.17, 15) is 4.79 Å². The van der Waals surface area contributed by atoms with E-state index in [1.807, 2.05) is 31.0 Å². The number of nitrogens with one attached hydrogen (secondary N) is 2. The molecule has 2 N–H and O–H groups in total. The fourth-order valence-electron chi connectivity index (χ4n) is 4.21. The van der Waals surface area contributed by atoms with Gasteiger partial charge in [0.15, 0.2) is 11.5 Å². The third-order valence-corrected chi connectivity index (χ3v) is 5.96. The Hall–Kier alpha value is -3.23. The van der Waals surface area contributed by atoms with E-state index in [4.69, 9.17) is 9.51 Å². The summed E-state index contributed by atoms with van der Waals surface area (Å²) in [4.78, 5) is 24.3. The van der Waals surface area contributed by atoms with Crippen LogP contribution in [0.2, 0.25) is 0 Å². The van der Waals surface area contributed by atoms with Gasteiger partial charge in [-0.2, -0.15) is 5.10 Å². The fourth-order valence-corrected chi connectivity index (χ4v) is 4.21. The first-order chi connectivity index (χ1) is 15.4. The van der Waals surface area contributed by atoms with Crippen LogP contribution in [-0.4, -0.2) is 55.3 Å². The normalized spacial score (nSPS) is 14.9. The summed E-state index contributed by atoms with van der Waals surface area (Å²) in [5.41, 5.74) is 5.11. The average molecular weight is 438 g/mol. The second kappa shape index (κ2) is 9.10. The summed E-state index contributed by atoms with van der Waals surface area (Å²) in [5, 5.41) is 14.6. The van der Waals surface area contributed by atoms with Gasteiger partial charge in [0.1, 0.15) is 0 Å². The fraction of sp³-hybridized carbons (Fsp3) is 0.522. The van der Waals surface area contributed by atoms with Gasteiger partial charge in [-0.1, -0.05) is 12.1 Å². The van der Waals surface area contributed by atoms with Crippen LogP contribution in [0.25, 0.3) is 11.3 Å². The average Bonchev–Trinajstić information content (AvgIpc) is 3.38. The van der Waals surface area contributed by atoms with E-state index in [0.29, 0.717) is 30.5 Å². The first-order valence-electron chi connectivity index (χ1n) is 11.3. The number of anilines is 1. The van der Waals surface area contributed by atoms with E-state index >= 15 is 0 Å². The van der Waals surface area contributed by atoms with Crippen LogP contribution in [0.15, 0.2) is 16.8 Å². The van der Waals surface area contributed by atoms with E-state index in [-0.39, 0.29) is 17.9 Å². The monoisotopic (exact) mass is 437 g/mol. The van der Waals surface area contributed by atoms with Gasteiger partial charge in [0.05, 0.1) is 17.0 Å². The van der Waals surface area contributed by atoms with Crippen LogP contribution >= 0.6 is 0 Å². The molecule has 9 heteroatoms. The number of hydrogen-bond donors (Lipinski definition) is 2. The lowest BCUT2D eigenvalue weighted by molar-refractivity contribution is 0.0705. The zero-order valence-corrected chi connectivity index (χ0v) is 19.4. The molecule has 1 fully saturated rings. The van der Waals surface area contributed by atoms with Gasteiger partial charge in [0.2, 0.25) is 5.95 Å². The predicted molar refractivity (Wildman–Crippen MR) is 122 cm³/mol. The van der Waals surface area contributed by atoms with Crippen molar-refractivity contribution < 1.29 is 9.32 Å². The molecule has 1 aliphatic heterocycles. The Balaban J connectivity index is 1.55. The lowest BCUT2D eigenvalue weighted by Gasteiger charge is -2.32. The number of rotatable bonds is 6. The van der Waals surface area contributed by atoms with Gasteiger partial charge in [-0.15, -0.1) is 0 Å². The second-order valence-corrected chi connectivity index (χ2v) is 8.72. The van der Waals surface area contributed by atoms with Crippen molar-refractivity contribution in [2.75, 3.05) is 18.4 Å². The number of aromatic nitrogens is 5. The van der Waals surface area contributed by atoms with Crippen LogP contribution in [0, 0.1) is 13.8 Å². The third-order valence-electron chi connectivity index (χ3n) is 5.96. The highest BCUT2D eigenvalue weighted by molar-refractivity contribution is 5.94. The van der Waals surface area contributed by atoms with E-state index in [1.54, 1.807) is 0 Å². The lowest BCUT2D eigenvalue weighted by Crippen LogP contribution is -2.38. The maximum absolute atomic E-state index is 13.0. The molecule has 0 saturated carbocycles. The van der Waals surface area contributed by atoms with Crippen molar-refractivity contribution in [3.8, 4) is 11.3 Å². The third kappa shape index (κ3) is 4.37. The first-order valence-corrected chi connectivity index (χ1v) is 11.3. The summed E-state index contributed by atoms with van der Waals surface area (Å²) in [5.74, 6) is 1.47. The van der Waals surface area contributed by atoms with E-state index in [2.05, 4.69) is 46.4 Å². The Kier molecular flexibility index (Phi) is 6.25. The largest absolute Gasteiger partial charge is 0.356 e. The number of H-pyrrole nitrogens is 1. The summed E-state index contributed by atoms with van der Waals surface area (Å²) in [6.07, 6.45) is 4.27. The molecule has 4 heterocycles.